The summed E-state index contributed by atoms with van der Waals surface area (Å²) < 4.78 is 28.9. The van der Waals surface area contributed by atoms with Gasteiger partial charge in [0.15, 0.2) is 0 Å². The summed E-state index contributed by atoms with van der Waals surface area (Å²) in [4.78, 5) is 6.72. The average molecular weight is 340 g/mol. The molecule has 0 radical (unpaired) electrons. The van der Waals surface area contributed by atoms with E-state index in [1.807, 2.05) is 26.0 Å². The third-order valence-corrected chi connectivity index (χ3v) is 5.54. The summed E-state index contributed by atoms with van der Waals surface area (Å²) in [5.74, 6) is 0.979. The molecule has 1 aliphatic rings. The Kier molecular flexibility index (Phi) is 6.80. The first-order valence-electron chi connectivity index (χ1n) is 8.51. The second-order valence-electron chi connectivity index (χ2n) is 5.94. The van der Waals surface area contributed by atoms with Crippen LogP contribution in [0.3, 0.4) is 0 Å². The third kappa shape index (κ3) is 5.16. The normalized spacial score (nSPS) is 15.5. The topological polar surface area (TPSA) is 65.5 Å². The van der Waals surface area contributed by atoms with E-state index >= 15 is 0 Å². The molecule has 1 aromatic heterocycles. The smallest absolute Gasteiger partial charge is 0.279 e. The van der Waals surface area contributed by atoms with Gasteiger partial charge in [0.25, 0.3) is 10.2 Å². The van der Waals surface area contributed by atoms with E-state index in [9.17, 15) is 8.42 Å². The summed E-state index contributed by atoms with van der Waals surface area (Å²) in [5, 5.41) is 0. The summed E-state index contributed by atoms with van der Waals surface area (Å²) in [6.07, 6.45) is 5.82. The van der Waals surface area contributed by atoms with Crippen molar-refractivity contribution in [3.8, 4) is 0 Å². The highest BCUT2D eigenvalue weighted by Crippen LogP contribution is 2.17. The molecule has 0 atom stereocenters. The van der Waals surface area contributed by atoms with Gasteiger partial charge in [-0.05, 0) is 37.3 Å². The van der Waals surface area contributed by atoms with Crippen molar-refractivity contribution in [2.24, 2.45) is 0 Å². The number of rotatable bonds is 9. The Bertz CT molecular complexity index is 562. The van der Waals surface area contributed by atoms with Gasteiger partial charge >= 0.3 is 0 Å². The predicted molar refractivity (Wildman–Crippen MR) is 93.6 cm³/mol. The van der Waals surface area contributed by atoms with Crippen LogP contribution in [0.2, 0.25) is 0 Å². The molecule has 0 spiro atoms. The molecular weight excluding hydrogens is 312 g/mol. The molecule has 0 bridgehead atoms. The summed E-state index contributed by atoms with van der Waals surface area (Å²) in [6, 6.07) is 3.93. The highest BCUT2D eigenvalue weighted by molar-refractivity contribution is 7.87. The van der Waals surface area contributed by atoms with Gasteiger partial charge in [0, 0.05) is 38.9 Å². The van der Waals surface area contributed by atoms with Gasteiger partial charge in [0.2, 0.25) is 0 Å². The Balaban J connectivity index is 1.93. The lowest BCUT2D eigenvalue weighted by atomic mass is 10.3. The molecule has 2 heterocycles. The number of anilines is 1. The van der Waals surface area contributed by atoms with Crippen molar-refractivity contribution in [1.82, 2.24) is 14.0 Å². The number of nitrogens with one attached hydrogen (secondary N) is 1. The summed E-state index contributed by atoms with van der Waals surface area (Å²) in [7, 11) is -3.43. The summed E-state index contributed by atoms with van der Waals surface area (Å²) in [6.45, 7) is 7.46. The van der Waals surface area contributed by atoms with Gasteiger partial charge in [0.1, 0.15) is 5.82 Å². The Morgan fingerprint density at radius 1 is 1.17 bits per heavy atom. The molecule has 23 heavy (non-hydrogen) atoms. The van der Waals surface area contributed by atoms with Crippen LogP contribution in [0.1, 0.15) is 45.1 Å². The van der Waals surface area contributed by atoms with Crippen LogP contribution in [-0.2, 0) is 16.8 Å². The van der Waals surface area contributed by atoms with Crippen LogP contribution in [0.25, 0.3) is 0 Å². The second-order valence-corrected chi connectivity index (χ2v) is 7.70. The van der Waals surface area contributed by atoms with Gasteiger partial charge in [-0.15, -0.1) is 0 Å². The van der Waals surface area contributed by atoms with E-state index in [-0.39, 0.29) is 6.54 Å². The van der Waals surface area contributed by atoms with Crippen LogP contribution < -0.4 is 9.62 Å². The molecule has 0 unspecified atom stereocenters. The Morgan fingerprint density at radius 2 is 1.83 bits per heavy atom. The van der Waals surface area contributed by atoms with E-state index in [4.69, 9.17) is 0 Å². The van der Waals surface area contributed by atoms with Crippen molar-refractivity contribution >= 4 is 16.0 Å². The van der Waals surface area contributed by atoms with Crippen molar-refractivity contribution < 1.29 is 8.42 Å². The minimum Gasteiger partial charge on any atom is -0.357 e. The van der Waals surface area contributed by atoms with Crippen LogP contribution in [-0.4, -0.2) is 43.9 Å². The van der Waals surface area contributed by atoms with Gasteiger partial charge < -0.3 is 4.90 Å². The van der Waals surface area contributed by atoms with E-state index in [0.717, 1.165) is 37.3 Å². The number of hydrogen-bond acceptors (Lipinski definition) is 4. The van der Waals surface area contributed by atoms with Crippen molar-refractivity contribution in [3.63, 3.8) is 0 Å². The molecule has 7 heteroatoms. The Labute approximate surface area is 140 Å². The highest BCUT2D eigenvalue weighted by atomic mass is 32.2. The van der Waals surface area contributed by atoms with Crippen LogP contribution >= 0.6 is 0 Å². The van der Waals surface area contributed by atoms with Crippen LogP contribution in [0.4, 0.5) is 5.82 Å². The molecule has 1 fully saturated rings. The third-order valence-electron chi connectivity index (χ3n) is 3.98. The van der Waals surface area contributed by atoms with Gasteiger partial charge in [-0.3, -0.25) is 0 Å². The van der Waals surface area contributed by atoms with Crippen molar-refractivity contribution in [1.29, 1.82) is 0 Å². The average Bonchev–Trinajstić information content (AvgIpc) is 3.08. The second kappa shape index (κ2) is 8.61. The van der Waals surface area contributed by atoms with Gasteiger partial charge in [0.05, 0.1) is 0 Å². The van der Waals surface area contributed by atoms with E-state index in [2.05, 4.69) is 14.6 Å². The molecule has 0 saturated carbocycles. The molecule has 130 valence electrons. The molecule has 1 aliphatic heterocycles. The molecule has 0 aliphatic carbocycles. The highest BCUT2D eigenvalue weighted by Gasteiger charge is 2.20. The summed E-state index contributed by atoms with van der Waals surface area (Å²) >= 11 is 0. The molecule has 1 aromatic rings. The number of nitrogens with zero attached hydrogens (tertiary/aromatic N) is 3. The number of aromatic nitrogens is 1. The van der Waals surface area contributed by atoms with Crippen LogP contribution in [0.15, 0.2) is 18.3 Å². The van der Waals surface area contributed by atoms with Crippen LogP contribution in [0, 0.1) is 0 Å². The molecule has 2 rings (SSSR count). The lowest BCUT2D eigenvalue weighted by Crippen LogP contribution is -2.41. The van der Waals surface area contributed by atoms with E-state index in [1.165, 1.54) is 17.1 Å². The molecule has 0 amide bonds. The molecule has 1 saturated heterocycles. The minimum absolute atomic E-state index is 0.277. The maximum atomic E-state index is 12.3. The number of pyridine rings is 1. The van der Waals surface area contributed by atoms with Gasteiger partial charge in [-0.25, -0.2) is 4.98 Å². The SMILES string of the molecule is CCCN(CCC)S(=O)(=O)NCc1ccc(N2CCCC2)nc1. The standard InChI is InChI=1S/C16H28N4O2S/c1-3-9-20(10-4-2)23(21,22)18-14-15-7-8-16(17-13-15)19-11-5-6-12-19/h7-8,13,18H,3-6,9-12,14H2,1-2H3. The largest absolute Gasteiger partial charge is 0.357 e. The fourth-order valence-corrected chi connectivity index (χ4v) is 4.15. The van der Waals surface area contributed by atoms with Crippen molar-refractivity contribution in [2.75, 3.05) is 31.1 Å². The zero-order valence-corrected chi connectivity index (χ0v) is 15.0. The van der Waals surface area contributed by atoms with Crippen molar-refractivity contribution in [3.05, 3.63) is 23.9 Å². The van der Waals surface area contributed by atoms with E-state index in [1.54, 1.807) is 6.20 Å². The molecule has 6 nitrogen and oxygen atoms in total. The quantitative estimate of drug-likeness (QED) is 0.748. The van der Waals surface area contributed by atoms with E-state index < -0.39 is 10.2 Å². The minimum atomic E-state index is -3.43. The Hall–Kier alpha value is -1.18. The first-order chi connectivity index (χ1) is 11.1. The van der Waals surface area contributed by atoms with Gasteiger partial charge in [-0.1, -0.05) is 19.9 Å². The maximum absolute atomic E-state index is 12.3. The lowest BCUT2D eigenvalue weighted by Gasteiger charge is -2.21. The first-order valence-corrected chi connectivity index (χ1v) is 9.95. The predicted octanol–water partition coefficient (Wildman–Crippen LogP) is 2.14. The maximum Gasteiger partial charge on any atom is 0.279 e. The van der Waals surface area contributed by atoms with Crippen LogP contribution in [0.5, 0.6) is 0 Å². The van der Waals surface area contributed by atoms with Crippen molar-refractivity contribution in [2.45, 2.75) is 46.1 Å². The fraction of sp³-hybridized carbons (Fsp3) is 0.688. The zero-order chi connectivity index (χ0) is 16.7. The Morgan fingerprint density at radius 3 is 2.35 bits per heavy atom. The molecule has 0 aromatic carbocycles. The van der Waals surface area contributed by atoms with Gasteiger partial charge in [-0.2, -0.15) is 17.4 Å². The lowest BCUT2D eigenvalue weighted by molar-refractivity contribution is 0.401. The molecular formula is C16H28N4O2S. The zero-order valence-electron chi connectivity index (χ0n) is 14.2. The number of hydrogen-bond donors (Lipinski definition) is 1. The fourth-order valence-electron chi connectivity index (χ4n) is 2.77. The summed E-state index contributed by atoms with van der Waals surface area (Å²) in [5.41, 5.74) is 0.879. The van der Waals surface area contributed by atoms with E-state index in [0.29, 0.717) is 13.1 Å². The first kappa shape index (κ1) is 18.2. The monoisotopic (exact) mass is 340 g/mol. The molecule has 1 N–H and O–H groups in total.